The van der Waals surface area contributed by atoms with Crippen LogP contribution in [0.4, 0.5) is 5.82 Å². The molecule has 1 heterocycles. The summed E-state index contributed by atoms with van der Waals surface area (Å²) in [5.74, 6) is 1.24. The van der Waals surface area contributed by atoms with E-state index in [2.05, 4.69) is 10.3 Å². The van der Waals surface area contributed by atoms with Crippen molar-refractivity contribution < 1.29 is 4.21 Å². The van der Waals surface area contributed by atoms with Gasteiger partial charge in [-0.2, -0.15) is 0 Å². The van der Waals surface area contributed by atoms with E-state index in [0.29, 0.717) is 23.1 Å². The predicted molar refractivity (Wildman–Crippen MR) is 72.3 cm³/mol. The second-order valence-corrected chi connectivity index (χ2v) is 5.41. The van der Waals surface area contributed by atoms with E-state index in [1.54, 1.807) is 6.26 Å². The fraction of sp³-hybridized carbons (Fsp3) is 0.400. The number of hydrogen-bond donors (Lipinski definition) is 2. The quantitative estimate of drug-likeness (QED) is 0.764. The minimum Gasteiger partial charge on any atom is -0.389 e. The van der Waals surface area contributed by atoms with Crippen molar-refractivity contribution in [2.45, 2.75) is 6.92 Å². The zero-order valence-electron chi connectivity index (χ0n) is 9.32. The molecule has 0 aliphatic rings. The van der Waals surface area contributed by atoms with Crippen molar-refractivity contribution in [3.8, 4) is 0 Å². The number of thiocarbonyl (C=S) groups is 1. The Bertz CT molecular complexity index is 421. The number of pyridine rings is 1. The van der Waals surface area contributed by atoms with Gasteiger partial charge in [0, 0.05) is 35.0 Å². The standard InChI is InChI=1S/C10H15N3OS2/c1-7-3-4-8(9(11)15)10(13-7)12-5-6-16(2)14/h3-4H,5-6H2,1-2H3,(H2,11,15)(H,12,13). The highest BCUT2D eigenvalue weighted by molar-refractivity contribution is 7.84. The number of aromatic nitrogens is 1. The smallest absolute Gasteiger partial charge is 0.136 e. The molecule has 1 aromatic heterocycles. The molecule has 0 spiro atoms. The monoisotopic (exact) mass is 257 g/mol. The summed E-state index contributed by atoms with van der Waals surface area (Å²) in [7, 11) is -0.816. The summed E-state index contributed by atoms with van der Waals surface area (Å²) >= 11 is 4.93. The van der Waals surface area contributed by atoms with Crippen LogP contribution in [-0.2, 0) is 10.8 Å². The minimum atomic E-state index is -0.816. The highest BCUT2D eigenvalue weighted by Crippen LogP contribution is 2.12. The van der Waals surface area contributed by atoms with Gasteiger partial charge in [0.1, 0.15) is 10.8 Å². The molecule has 0 bridgehead atoms. The fourth-order valence-corrected chi connectivity index (χ4v) is 1.76. The Kier molecular flexibility index (Phi) is 4.82. The third kappa shape index (κ3) is 3.86. The first kappa shape index (κ1) is 13.1. The first-order valence-corrected chi connectivity index (χ1v) is 6.95. The summed E-state index contributed by atoms with van der Waals surface area (Å²) in [5, 5.41) is 3.10. The van der Waals surface area contributed by atoms with Gasteiger partial charge in [0.25, 0.3) is 0 Å². The van der Waals surface area contributed by atoms with Crippen molar-refractivity contribution in [3.63, 3.8) is 0 Å². The van der Waals surface area contributed by atoms with E-state index in [0.717, 1.165) is 11.3 Å². The normalized spacial score (nSPS) is 12.1. The van der Waals surface area contributed by atoms with Crippen molar-refractivity contribution in [1.82, 2.24) is 4.98 Å². The van der Waals surface area contributed by atoms with Gasteiger partial charge in [-0.05, 0) is 19.1 Å². The summed E-state index contributed by atoms with van der Waals surface area (Å²) in [6.45, 7) is 2.49. The molecule has 4 nitrogen and oxygen atoms in total. The van der Waals surface area contributed by atoms with E-state index in [9.17, 15) is 4.21 Å². The summed E-state index contributed by atoms with van der Waals surface area (Å²) in [6, 6.07) is 3.70. The average molecular weight is 257 g/mol. The van der Waals surface area contributed by atoms with Crippen molar-refractivity contribution in [2.24, 2.45) is 5.73 Å². The molecule has 6 heteroatoms. The average Bonchev–Trinajstić information content (AvgIpc) is 2.16. The molecule has 16 heavy (non-hydrogen) atoms. The molecule has 0 amide bonds. The van der Waals surface area contributed by atoms with E-state index >= 15 is 0 Å². The fourth-order valence-electron chi connectivity index (χ4n) is 1.20. The lowest BCUT2D eigenvalue weighted by atomic mass is 10.2. The Hall–Kier alpha value is -1.01. The van der Waals surface area contributed by atoms with Gasteiger partial charge in [0.2, 0.25) is 0 Å². The maximum absolute atomic E-state index is 10.9. The van der Waals surface area contributed by atoms with Crippen LogP contribution in [0.3, 0.4) is 0 Å². The lowest BCUT2D eigenvalue weighted by Crippen LogP contribution is -2.17. The topological polar surface area (TPSA) is 68.0 Å². The molecule has 1 rings (SSSR count). The first-order valence-electron chi connectivity index (χ1n) is 4.82. The predicted octanol–water partition coefficient (Wildman–Crippen LogP) is 0.815. The van der Waals surface area contributed by atoms with Crippen molar-refractivity contribution in [2.75, 3.05) is 23.9 Å². The number of rotatable bonds is 5. The third-order valence-electron chi connectivity index (χ3n) is 1.98. The summed E-state index contributed by atoms with van der Waals surface area (Å²) in [5.41, 5.74) is 7.20. The molecule has 0 aliphatic heterocycles. The molecule has 3 N–H and O–H groups in total. The summed E-state index contributed by atoms with van der Waals surface area (Å²) < 4.78 is 10.9. The Morgan fingerprint density at radius 3 is 2.88 bits per heavy atom. The molecule has 0 fully saturated rings. The van der Waals surface area contributed by atoms with Crippen LogP contribution in [0.25, 0.3) is 0 Å². The minimum absolute atomic E-state index is 0.313. The van der Waals surface area contributed by atoms with Gasteiger partial charge < -0.3 is 11.1 Å². The number of nitrogens with zero attached hydrogens (tertiary/aromatic N) is 1. The number of nitrogens with one attached hydrogen (secondary N) is 1. The largest absolute Gasteiger partial charge is 0.389 e. The van der Waals surface area contributed by atoms with Crippen LogP contribution in [0.5, 0.6) is 0 Å². The Balaban J connectivity index is 2.80. The summed E-state index contributed by atoms with van der Waals surface area (Å²) in [4.78, 5) is 4.63. The van der Waals surface area contributed by atoms with Crippen LogP contribution in [0.1, 0.15) is 11.3 Å². The van der Waals surface area contributed by atoms with Crippen LogP contribution >= 0.6 is 12.2 Å². The number of aryl methyl sites for hydroxylation is 1. The molecular weight excluding hydrogens is 242 g/mol. The van der Waals surface area contributed by atoms with E-state index in [-0.39, 0.29) is 0 Å². The maximum Gasteiger partial charge on any atom is 0.136 e. The van der Waals surface area contributed by atoms with Crippen LogP contribution in [0.15, 0.2) is 12.1 Å². The molecule has 0 aromatic carbocycles. The zero-order chi connectivity index (χ0) is 12.1. The molecule has 0 saturated heterocycles. The van der Waals surface area contributed by atoms with Gasteiger partial charge >= 0.3 is 0 Å². The highest BCUT2D eigenvalue weighted by Gasteiger charge is 2.06. The SMILES string of the molecule is Cc1ccc(C(N)=S)c(NCCS(C)=O)n1. The second kappa shape index (κ2) is 5.91. The van der Waals surface area contributed by atoms with E-state index in [1.165, 1.54) is 0 Å². The van der Waals surface area contributed by atoms with Gasteiger partial charge in [-0.15, -0.1) is 0 Å². The molecule has 1 aromatic rings. The Morgan fingerprint density at radius 1 is 1.62 bits per heavy atom. The van der Waals surface area contributed by atoms with Gasteiger partial charge in [-0.1, -0.05) is 12.2 Å². The molecule has 0 aliphatic carbocycles. The van der Waals surface area contributed by atoms with E-state index in [1.807, 2.05) is 19.1 Å². The number of nitrogens with two attached hydrogens (primary N) is 1. The van der Waals surface area contributed by atoms with Gasteiger partial charge in [0.15, 0.2) is 0 Å². The maximum atomic E-state index is 10.9. The molecule has 88 valence electrons. The zero-order valence-corrected chi connectivity index (χ0v) is 11.0. The Morgan fingerprint density at radius 2 is 2.31 bits per heavy atom. The van der Waals surface area contributed by atoms with Gasteiger partial charge in [0.05, 0.1) is 5.56 Å². The van der Waals surface area contributed by atoms with Crippen LogP contribution in [-0.4, -0.2) is 32.7 Å². The third-order valence-corrected chi connectivity index (χ3v) is 2.98. The highest BCUT2D eigenvalue weighted by atomic mass is 32.2. The number of hydrogen-bond acceptors (Lipinski definition) is 4. The Labute approximate surface area is 103 Å². The van der Waals surface area contributed by atoms with Crippen molar-refractivity contribution in [3.05, 3.63) is 23.4 Å². The van der Waals surface area contributed by atoms with Gasteiger partial charge in [-0.3, -0.25) is 4.21 Å². The molecule has 0 saturated carbocycles. The van der Waals surface area contributed by atoms with Crippen LogP contribution < -0.4 is 11.1 Å². The van der Waals surface area contributed by atoms with E-state index < -0.39 is 10.8 Å². The lowest BCUT2D eigenvalue weighted by Gasteiger charge is -2.10. The molecular formula is C10H15N3OS2. The molecule has 1 unspecified atom stereocenters. The van der Waals surface area contributed by atoms with Crippen molar-refractivity contribution >= 4 is 33.8 Å². The first-order chi connectivity index (χ1) is 7.50. The molecule has 0 radical (unpaired) electrons. The van der Waals surface area contributed by atoms with Crippen molar-refractivity contribution in [1.29, 1.82) is 0 Å². The van der Waals surface area contributed by atoms with E-state index in [4.69, 9.17) is 18.0 Å². The number of anilines is 1. The van der Waals surface area contributed by atoms with Crippen LogP contribution in [0.2, 0.25) is 0 Å². The molecule has 1 atom stereocenters. The lowest BCUT2D eigenvalue weighted by molar-refractivity contribution is 0.687. The van der Waals surface area contributed by atoms with Gasteiger partial charge in [-0.25, -0.2) is 4.98 Å². The summed E-state index contributed by atoms with van der Waals surface area (Å²) in [6.07, 6.45) is 1.67. The second-order valence-electron chi connectivity index (χ2n) is 3.42. The van der Waals surface area contributed by atoms with Crippen LogP contribution in [0, 0.1) is 6.92 Å².